The van der Waals surface area contributed by atoms with Crippen LogP contribution in [0.4, 0.5) is 0 Å². The number of aryl methyl sites for hydroxylation is 1. The minimum absolute atomic E-state index is 0.307. The third-order valence-corrected chi connectivity index (χ3v) is 3.27. The number of phenols is 2. The molecule has 0 saturated carbocycles. The number of hydrogen-bond donors (Lipinski definition) is 2. The van der Waals surface area contributed by atoms with Gasteiger partial charge in [0.1, 0.15) is 11.5 Å². The number of benzene rings is 2. The van der Waals surface area contributed by atoms with Gasteiger partial charge in [-0.25, -0.2) is 0 Å². The summed E-state index contributed by atoms with van der Waals surface area (Å²) in [6, 6.07) is 9.16. The molecule has 2 N–H and O–H groups in total. The Bertz CT molecular complexity index is 571. The average molecular weight is 228 g/mol. The van der Waals surface area contributed by atoms with Crippen molar-refractivity contribution < 1.29 is 10.2 Å². The van der Waals surface area contributed by atoms with Crippen molar-refractivity contribution in [2.45, 2.75) is 20.8 Å². The minimum atomic E-state index is 0.307. The highest BCUT2D eigenvalue weighted by Gasteiger charge is 2.08. The summed E-state index contributed by atoms with van der Waals surface area (Å²) in [6.07, 6.45) is 0. The van der Waals surface area contributed by atoms with Gasteiger partial charge in [0.2, 0.25) is 0 Å². The number of aromatic hydroxyl groups is 2. The Morgan fingerprint density at radius 1 is 0.765 bits per heavy atom. The molecule has 2 aromatic carbocycles. The van der Waals surface area contributed by atoms with E-state index < -0.39 is 0 Å². The second kappa shape index (κ2) is 4.13. The molecule has 88 valence electrons. The Morgan fingerprint density at radius 2 is 1.41 bits per heavy atom. The van der Waals surface area contributed by atoms with Crippen molar-refractivity contribution in [2.75, 3.05) is 0 Å². The molecule has 0 fully saturated rings. The first-order chi connectivity index (χ1) is 8.00. The first kappa shape index (κ1) is 11.5. The molecule has 0 aliphatic carbocycles. The summed E-state index contributed by atoms with van der Waals surface area (Å²) in [5.41, 5.74) is 4.96. The molecular formula is C15H16O2. The van der Waals surface area contributed by atoms with E-state index in [1.165, 1.54) is 0 Å². The molecule has 0 saturated heterocycles. The van der Waals surface area contributed by atoms with Gasteiger partial charge in [0.05, 0.1) is 0 Å². The molecule has 0 amide bonds. The van der Waals surface area contributed by atoms with E-state index in [1.54, 1.807) is 12.1 Å². The van der Waals surface area contributed by atoms with Crippen LogP contribution in [0.1, 0.15) is 16.7 Å². The zero-order chi connectivity index (χ0) is 12.6. The summed E-state index contributed by atoms with van der Waals surface area (Å²) in [6.45, 7) is 5.77. The van der Waals surface area contributed by atoms with E-state index in [4.69, 9.17) is 0 Å². The molecule has 2 rings (SSSR count). The summed E-state index contributed by atoms with van der Waals surface area (Å²) in [5.74, 6) is 0.628. The van der Waals surface area contributed by atoms with E-state index in [0.29, 0.717) is 11.5 Å². The zero-order valence-corrected chi connectivity index (χ0v) is 10.3. The molecule has 0 aliphatic heterocycles. The lowest BCUT2D eigenvalue weighted by Crippen LogP contribution is -1.88. The fourth-order valence-corrected chi connectivity index (χ4v) is 1.94. The molecule has 0 aromatic heterocycles. The van der Waals surface area contributed by atoms with Gasteiger partial charge in [-0.2, -0.15) is 0 Å². The Hall–Kier alpha value is -1.96. The quantitative estimate of drug-likeness (QED) is 0.781. The van der Waals surface area contributed by atoms with Crippen LogP contribution in [0.3, 0.4) is 0 Å². The number of rotatable bonds is 1. The van der Waals surface area contributed by atoms with Gasteiger partial charge in [-0.3, -0.25) is 0 Å². The Morgan fingerprint density at radius 3 is 2.06 bits per heavy atom. The molecule has 2 heteroatoms. The lowest BCUT2D eigenvalue weighted by Gasteiger charge is -2.11. The van der Waals surface area contributed by atoms with Crippen LogP contribution in [0.15, 0.2) is 30.3 Å². The lowest BCUT2D eigenvalue weighted by atomic mass is 9.95. The molecule has 0 bridgehead atoms. The van der Waals surface area contributed by atoms with E-state index in [9.17, 15) is 10.2 Å². The first-order valence-corrected chi connectivity index (χ1v) is 5.60. The third-order valence-electron chi connectivity index (χ3n) is 3.27. The molecular weight excluding hydrogens is 212 g/mol. The van der Waals surface area contributed by atoms with Crippen LogP contribution >= 0.6 is 0 Å². The largest absolute Gasteiger partial charge is 0.508 e. The second-order valence-corrected chi connectivity index (χ2v) is 4.38. The maximum atomic E-state index is 9.63. The van der Waals surface area contributed by atoms with Gasteiger partial charge in [-0.05, 0) is 66.8 Å². The molecule has 0 unspecified atom stereocenters. The van der Waals surface area contributed by atoms with Gasteiger partial charge in [0, 0.05) is 0 Å². The zero-order valence-electron chi connectivity index (χ0n) is 10.3. The lowest BCUT2D eigenvalue weighted by molar-refractivity contribution is 0.470. The van der Waals surface area contributed by atoms with Crippen molar-refractivity contribution >= 4 is 0 Å². The van der Waals surface area contributed by atoms with Crippen LogP contribution in [0.2, 0.25) is 0 Å². The van der Waals surface area contributed by atoms with E-state index in [1.807, 2.05) is 39.0 Å². The molecule has 0 heterocycles. The summed E-state index contributed by atoms with van der Waals surface area (Å²) in [5, 5.41) is 19.1. The smallest absolute Gasteiger partial charge is 0.118 e. The average Bonchev–Trinajstić information content (AvgIpc) is 2.30. The first-order valence-electron chi connectivity index (χ1n) is 5.60. The van der Waals surface area contributed by atoms with Crippen molar-refractivity contribution in [3.63, 3.8) is 0 Å². The van der Waals surface area contributed by atoms with Crippen LogP contribution < -0.4 is 0 Å². The van der Waals surface area contributed by atoms with Crippen molar-refractivity contribution in [3.05, 3.63) is 47.0 Å². The van der Waals surface area contributed by atoms with Gasteiger partial charge in [0.15, 0.2) is 0 Å². The van der Waals surface area contributed by atoms with E-state index in [-0.39, 0.29) is 0 Å². The SMILES string of the molecule is Cc1cc(-c2ccc(O)c(C)c2C)ccc1O. The predicted octanol–water partition coefficient (Wildman–Crippen LogP) is 3.69. The minimum Gasteiger partial charge on any atom is -0.508 e. The number of phenolic OH excluding ortho intramolecular Hbond substituents is 2. The van der Waals surface area contributed by atoms with Gasteiger partial charge in [-0.1, -0.05) is 12.1 Å². The standard InChI is InChI=1S/C15H16O2/c1-9-8-12(4-6-14(9)16)13-5-7-15(17)11(3)10(13)2/h4-8,16-17H,1-3H3. The Labute approximate surface area is 101 Å². The Kier molecular flexibility index (Phi) is 2.80. The van der Waals surface area contributed by atoms with Crippen LogP contribution in [0.5, 0.6) is 11.5 Å². The molecule has 0 spiro atoms. The van der Waals surface area contributed by atoms with E-state index >= 15 is 0 Å². The van der Waals surface area contributed by atoms with Crippen molar-refractivity contribution in [3.8, 4) is 22.6 Å². The summed E-state index contributed by atoms with van der Waals surface area (Å²) in [7, 11) is 0. The molecule has 17 heavy (non-hydrogen) atoms. The highest BCUT2D eigenvalue weighted by Crippen LogP contribution is 2.32. The molecule has 2 nitrogen and oxygen atoms in total. The van der Waals surface area contributed by atoms with Crippen LogP contribution in [0.25, 0.3) is 11.1 Å². The fraction of sp³-hybridized carbons (Fsp3) is 0.200. The van der Waals surface area contributed by atoms with Crippen LogP contribution in [-0.4, -0.2) is 10.2 Å². The van der Waals surface area contributed by atoms with Crippen LogP contribution in [0, 0.1) is 20.8 Å². The van der Waals surface area contributed by atoms with Crippen molar-refractivity contribution in [2.24, 2.45) is 0 Å². The highest BCUT2D eigenvalue weighted by atomic mass is 16.3. The monoisotopic (exact) mass is 228 g/mol. The Balaban J connectivity index is 2.61. The maximum Gasteiger partial charge on any atom is 0.118 e. The van der Waals surface area contributed by atoms with Crippen LogP contribution in [-0.2, 0) is 0 Å². The van der Waals surface area contributed by atoms with E-state index in [0.717, 1.165) is 27.8 Å². The van der Waals surface area contributed by atoms with Gasteiger partial charge in [0.25, 0.3) is 0 Å². The van der Waals surface area contributed by atoms with Crippen molar-refractivity contribution in [1.29, 1.82) is 0 Å². The summed E-state index contributed by atoms with van der Waals surface area (Å²) in [4.78, 5) is 0. The fourth-order valence-electron chi connectivity index (χ4n) is 1.94. The van der Waals surface area contributed by atoms with E-state index in [2.05, 4.69) is 0 Å². The predicted molar refractivity (Wildman–Crippen MR) is 69.4 cm³/mol. The molecule has 0 aliphatic rings. The normalized spacial score (nSPS) is 10.5. The number of hydrogen-bond acceptors (Lipinski definition) is 2. The van der Waals surface area contributed by atoms with Gasteiger partial charge in [-0.15, -0.1) is 0 Å². The topological polar surface area (TPSA) is 40.5 Å². The third kappa shape index (κ3) is 1.98. The van der Waals surface area contributed by atoms with Crippen molar-refractivity contribution in [1.82, 2.24) is 0 Å². The highest BCUT2D eigenvalue weighted by molar-refractivity contribution is 5.71. The maximum absolute atomic E-state index is 9.63. The molecule has 0 radical (unpaired) electrons. The molecule has 0 atom stereocenters. The van der Waals surface area contributed by atoms with Gasteiger partial charge < -0.3 is 10.2 Å². The summed E-state index contributed by atoms with van der Waals surface area (Å²) < 4.78 is 0. The van der Waals surface area contributed by atoms with Gasteiger partial charge >= 0.3 is 0 Å². The second-order valence-electron chi connectivity index (χ2n) is 4.38. The molecule has 2 aromatic rings. The summed E-state index contributed by atoms with van der Waals surface area (Å²) >= 11 is 0.